The monoisotopic (exact) mass is 290 g/mol. The number of pyridine rings is 1. The molecule has 0 bridgehead atoms. The number of nitrogens with zero attached hydrogens (tertiary/aromatic N) is 3. The van der Waals surface area contributed by atoms with Gasteiger partial charge in [-0.1, -0.05) is 12.2 Å². The molecule has 3 rings (SSSR count). The predicted octanol–water partition coefficient (Wildman–Crippen LogP) is 1.70. The van der Waals surface area contributed by atoms with Gasteiger partial charge in [0.1, 0.15) is 10.8 Å². The van der Waals surface area contributed by atoms with Crippen LogP contribution in [-0.4, -0.2) is 47.1 Å². The number of aromatic nitrogens is 1. The first-order valence-electron chi connectivity index (χ1n) is 7.41. The van der Waals surface area contributed by atoms with Gasteiger partial charge in [0.05, 0.1) is 5.56 Å². The molecule has 20 heavy (non-hydrogen) atoms. The van der Waals surface area contributed by atoms with E-state index in [0.29, 0.717) is 11.0 Å². The van der Waals surface area contributed by atoms with Crippen molar-refractivity contribution in [3.05, 3.63) is 23.4 Å². The van der Waals surface area contributed by atoms with Crippen LogP contribution in [0.1, 0.15) is 30.4 Å². The SMILES string of the molecule is Cc1ccnc(N2CCCN3CCCC3C2)c1C(N)=S. The molecule has 3 heterocycles. The van der Waals surface area contributed by atoms with Crippen molar-refractivity contribution in [2.24, 2.45) is 5.73 Å². The molecule has 0 radical (unpaired) electrons. The van der Waals surface area contributed by atoms with Gasteiger partial charge in [-0.05, 0) is 44.4 Å². The Morgan fingerprint density at radius 2 is 2.15 bits per heavy atom. The molecule has 2 saturated heterocycles. The summed E-state index contributed by atoms with van der Waals surface area (Å²) in [6.45, 7) is 6.60. The number of aryl methyl sites for hydroxylation is 1. The van der Waals surface area contributed by atoms with Crippen LogP contribution in [0.4, 0.5) is 5.82 Å². The second-order valence-electron chi connectivity index (χ2n) is 5.82. The largest absolute Gasteiger partial charge is 0.389 e. The number of thiocarbonyl (C=S) groups is 1. The van der Waals surface area contributed by atoms with E-state index < -0.39 is 0 Å². The summed E-state index contributed by atoms with van der Waals surface area (Å²) in [4.78, 5) is 10.0. The molecule has 108 valence electrons. The standard InChI is InChI=1S/C15H22N4S/c1-11-5-6-17-15(13(11)14(16)20)19-9-3-8-18-7-2-4-12(18)10-19/h5-6,12H,2-4,7-10H2,1H3,(H2,16,20). The van der Waals surface area contributed by atoms with Crippen molar-refractivity contribution in [1.82, 2.24) is 9.88 Å². The normalized spacial score (nSPS) is 23.4. The van der Waals surface area contributed by atoms with E-state index in [0.717, 1.165) is 30.0 Å². The topological polar surface area (TPSA) is 45.4 Å². The van der Waals surface area contributed by atoms with Crippen molar-refractivity contribution in [2.75, 3.05) is 31.1 Å². The summed E-state index contributed by atoms with van der Waals surface area (Å²) in [5.41, 5.74) is 8.00. The molecule has 1 aromatic heterocycles. The Balaban J connectivity index is 1.92. The molecule has 0 aliphatic carbocycles. The first kappa shape index (κ1) is 13.8. The average Bonchev–Trinajstić information content (AvgIpc) is 2.75. The van der Waals surface area contributed by atoms with E-state index in [2.05, 4.69) is 21.7 Å². The fourth-order valence-electron chi connectivity index (χ4n) is 3.49. The molecule has 0 aromatic carbocycles. The molecule has 2 N–H and O–H groups in total. The lowest BCUT2D eigenvalue weighted by molar-refractivity contribution is 0.273. The zero-order chi connectivity index (χ0) is 14.1. The quantitative estimate of drug-likeness (QED) is 0.840. The van der Waals surface area contributed by atoms with Crippen LogP contribution in [0.2, 0.25) is 0 Å². The van der Waals surface area contributed by atoms with Crippen LogP contribution in [0.15, 0.2) is 12.3 Å². The molecule has 0 saturated carbocycles. The Morgan fingerprint density at radius 1 is 1.35 bits per heavy atom. The summed E-state index contributed by atoms with van der Waals surface area (Å²) in [7, 11) is 0. The van der Waals surface area contributed by atoms with Crippen molar-refractivity contribution in [3.63, 3.8) is 0 Å². The predicted molar refractivity (Wildman–Crippen MR) is 86.3 cm³/mol. The number of anilines is 1. The number of nitrogens with two attached hydrogens (primary N) is 1. The third-order valence-electron chi connectivity index (χ3n) is 4.49. The summed E-state index contributed by atoms with van der Waals surface area (Å²) in [5, 5.41) is 0. The van der Waals surface area contributed by atoms with Gasteiger partial charge in [0.15, 0.2) is 0 Å². The van der Waals surface area contributed by atoms with E-state index in [1.165, 1.54) is 32.4 Å². The molecule has 0 spiro atoms. The second kappa shape index (κ2) is 5.66. The van der Waals surface area contributed by atoms with Crippen LogP contribution in [0.3, 0.4) is 0 Å². The van der Waals surface area contributed by atoms with Gasteiger partial charge in [-0.2, -0.15) is 0 Å². The fourth-order valence-corrected chi connectivity index (χ4v) is 3.74. The Morgan fingerprint density at radius 3 is 2.95 bits per heavy atom. The van der Waals surface area contributed by atoms with Crippen LogP contribution >= 0.6 is 12.2 Å². The van der Waals surface area contributed by atoms with E-state index in [-0.39, 0.29) is 0 Å². The van der Waals surface area contributed by atoms with E-state index in [1.54, 1.807) is 0 Å². The van der Waals surface area contributed by atoms with Gasteiger partial charge >= 0.3 is 0 Å². The van der Waals surface area contributed by atoms with E-state index in [9.17, 15) is 0 Å². The zero-order valence-corrected chi connectivity index (χ0v) is 12.8. The maximum absolute atomic E-state index is 5.92. The molecule has 2 aliphatic heterocycles. The summed E-state index contributed by atoms with van der Waals surface area (Å²) in [5.74, 6) is 0.978. The molecule has 2 fully saturated rings. The lowest BCUT2D eigenvalue weighted by atomic mass is 10.1. The first-order valence-corrected chi connectivity index (χ1v) is 7.82. The van der Waals surface area contributed by atoms with Crippen LogP contribution in [0, 0.1) is 6.92 Å². The van der Waals surface area contributed by atoms with Gasteiger partial charge in [0, 0.05) is 31.9 Å². The van der Waals surface area contributed by atoms with Crippen LogP contribution in [-0.2, 0) is 0 Å². The Hall–Kier alpha value is -1.20. The maximum atomic E-state index is 5.92. The first-order chi connectivity index (χ1) is 9.66. The average molecular weight is 290 g/mol. The van der Waals surface area contributed by atoms with Crippen molar-refractivity contribution < 1.29 is 0 Å². The second-order valence-corrected chi connectivity index (χ2v) is 6.26. The molecule has 1 atom stereocenters. The number of hydrogen-bond donors (Lipinski definition) is 1. The Bertz CT molecular complexity index is 517. The van der Waals surface area contributed by atoms with Crippen LogP contribution in [0.25, 0.3) is 0 Å². The summed E-state index contributed by atoms with van der Waals surface area (Å²) in [6, 6.07) is 2.65. The minimum absolute atomic E-state index is 0.457. The lowest BCUT2D eigenvalue weighted by Crippen LogP contribution is -2.37. The third-order valence-corrected chi connectivity index (χ3v) is 4.69. The summed E-state index contributed by atoms with van der Waals surface area (Å²) >= 11 is 5.23. The van der Waals surface area contributed by atoms with Gasteiger partial charge in [0.25, 0.3) is 0 Å². The highest BCUT2D eigenvalue weighted by Gasteiger charge is 2.30. The molecule has 4 nitrogen and oxygen atoms in total. The smallest absolute Gasteiger partial charge is 0.139 e. The minimum Gasteiger partial charge on any atom is -0.389 e. The molecule has 5 heteroatoms. The summed E-state index contributed by atoms with van der Waals surface area (Å²) < 4.78 is 0. The highest BCUT2D eigenvalue weighted by atomic mass is 32.1. The van der Waals surface area contributed by atoms with Crippen molar-refractivity contribution >= 4 is 23.0 Å². The molecular weight excluding hydrogens is 268 g/mol. The molecule has 1 unspecified atom stereocenters. The third kappa shape index (κ3) is 2.52. The zero-order valence-electron chi connectivity index (χ0n) is 12.0. The molecule has 1 aromatic rings. The fraction of sp³-hybridized carbons (Fsp3) is 0.600. The minimum atomic E-state index is 0.457. The van der Waals surface area contributed by atoms with Crippen LogP contribution in [0.5, 0.6) is 0 Å². The van der Waals surface area contributed by atoms with E-state index >= 15 is 0 Å². The molecule has 2 aliphatic rings. The molecular formula is C15H22N4S. The van der Waals surface area contributed by atoms with E-state index in [4.69, 9.17) is 18.0 Å². The van der Waals surface area contributed by atoms with Gasteiger partial charge < -0.3 is 10.6 Å². The van der Waals surface area contributed by atoms with Gasteiger partial charge in [-0.25, -0.2) is 4.98 Å². The number of hydrogen-bond acceptors (Lipinski definition) is 4. The van der Waals surface area contributed by atoms with Crippen molar-refractivity contribution in [2.45, 2.75) is 32.2 Å². The Kier molecular flexibility index (Phi) is 3.89. The number of rotatable bonds is 2. The van der Waals surface area contributed by atoms with Crippen molar-refractivity contribution in [3.8, 4) is 0 Å². The highest BCUT2D eigenvalue weighted by molar-refractivity contribution is 7.80. The van der Waals surface area contributed by atoms with E-state index in [1.807, 2.05) is 12.3 Å². The highest BCUT2D eigenvalue weighted by Crippen LogP contribution is 2.27. The lowest BCUT2D eigenvalue weighted by Gasteiger charge is -2.28. The molecule has 0 amide bonds. The van der Waals surface area contributed by atoms with Crippen LogP contribution < -0.4 is 10.6 Å². The maximum Gasteiger partial charge on any atom is 0.139 e. The van der Waals surface area contributed by atoms with Gasteiger partial charge in [-0.15, -0.1) is 0 Å². The number of fused-ring (bicyclic) bond motifs is 1. The Labute approximate surface area is 126 Å². The van der Waals surface area contributed by atoms with Gasteiger partial charge in [-0.3, -0.25) is 4.90 Å². The summed E-state index contributed by atoms with van der Waals surface area (Å²) in [6.07, 6.45) is 5.67. The van der Waals surface area contributed by atoms with Gasteiger partial charge in [0.2, 0.25) is 0 Å². The van der Waals surface area contributed by atoms with Crippen molar-refractivity contribution in [1.29, 1.82) is 0 Å².